The van der Waals surface area contributed by atoms with Crippen molar-refractivity contribution >= 4 is 23.2 Å². The molecule has 0 aromatic rings. The van der Waals surface area contributed by atoms with Crippen LogP contribution in [0, 0.1) is 0 Å². The first kappa shape index (κ1) is 8.50. The zero-order chi connectivity index (χ0) is 6.78. The Morgan fingerprint density at radius 2 is 2.12 bits per heavy atom. The van der Waals surface area contributed by atoms with Crippen molar-refractivity contribution in [1.82, 2.24) is 0 Å². The number of nitrogens with two attached hydrogens (primary N) is 1. The molecule has 0 spiro atoms. The minimum atomic E-state index is -1.18. The smallest absolute Gasteiger partial charge is 0.156 e. The Hall–Kier alpha value is 0.500. The van der Waals surface area contributed by atoms with Gasteiger partial charge in [-0.05, 0) is 6.42 Å². The topological polar surface area (TPSA) is 46.2 Å². The van der Waals surface area contributed by atoms with Crippen LogP contribution in [-0.2, 0) is 0 Å². The average molecular weight is 158 g/mol. The quantitative estimate of drug-likeness (QED) is 0.462. The van der Waals surface area contributed by atoms with Gasteiger partial charge in [0.05, 0.1) is 0 Å². The summed E-state index contributed by atoms with van der Waals surface area (Å²) in [5.74, 6) is 0. The van der Waals surface area contributed by atoms with E-state index >= 15 is 0 Å². The Morgan fingerprint density at radius 3 is 2.12 bits per heavy atom. The highest BCUT2D eigenvalue weighted by atomic mass is 35.5. The minimum absolute atomic E-state index is 0.438. The first-order chi connectivity index (χ1) is 3.50. The van der Waals surface area contributed by atoms with Gasteiger partial charge in [0.15, 0.2) is 4.33 Å². The van der Waals surface area contributed by atoms with Crippen LogP contribution in [-0.4, -0.2) is 15.7 Å². The summed E-state index contributed by atoms with van der Waals surface area (Å²) in [5, 5.41) is 8.59. The number of halogens is 2. The highest BCUT2D eigenvalue weighted by Crippen LogP contribution is 2.26. The second-order valence-corrected chi connectivity index (χ2v) is 3.10. The first-order valence-corrected chi connectivity index (χ1v) is 3.07. The van der Waals surface area contributed by atoms with Gasteiger partial charge < -0.3 is 10.8 Å². The van der Waals surface area contributed by atoms with E-state index in [1.54, 1.807) is 6.92 Å². The van der Waals surface area contributed by atoms with E-state index in [1.165, 1.54) is 0 Å². The molecular formula is C4H9Cl2NO. The van der Waals surface area contributed by atoms with Crippen molar-refractivity contribution in [2.75, 3.05) is 0 Å². The van der Waals surface area contributed by atoms with E-state index < -0.39 is 10.6 Å². The number of hydrogen-bond donors (Lipinski definition) is 2. The second kappa shape index (κ2) is 2.87. The van der Waals surface area contributed by atoms with E-state index in [0.29, 0.717) is 6.42 Å². The van der Waals surface area contributed by atoms with Crippen molar-refractivity contribution in [2.24, 2.45) is 5.73 Å². The average Bonchev–Trinajstić information content (AvgIpc) is 1.67. The van der Waals surface area contributed by atoms with Crippen molar-refractivity contribution in [3.8, 4) is 0 Å². The van der Waals surface area contributed by atoms with Crippen molar-refractivity contribution in [1.29, 1.82) is 0 Å². The largest absolute Gasteiger partial charge is 0.376 e. The van der Waals surface area contributed by atoms with Gasteiger partial charge in [-0.1, -0.05) is 30.1 Å². The zero-order valence-electron chi connectivity index (χ0n) is 4.56. The molecular weight excluding hydrogens is 149 g/mol. The van der Waals surface area contributed by atoms with E-state index in [4.69, 9.17) is 34.0 Å². The fourth-order valence-electron chi connectivity index (χ4n) is 0.209. The molecule has 0 aliphatic carbocycles. The highest BCUT2D eigenvalue weighted by Gasteiger charge is 2.27. The highest BCUT2D eigenvalue weighted by molar-refractivity contribution is 6.48. The first-order valence-electron chi connectivity index (χ1n) is 2.32. The van der Waals surface area contributed by atoms with Crippen molar-refractivity contribution < 1.29 is 5.11 Å². The van der Waals surface area contributed by atoms with Crippen molar-refractivity contribution in [3.63, 3.8) is 0 Å². The Morgan fingerprint density at radius 1 is 1.75 bits per heavy atom. The molecule has 4 heteroatoms. The molecule has 0 aliphatic heterocycles. The van der Waals surface area contributed by atoms with Gasteiger partial charge in [-0.15, -0.1) is 0 Å². The van der Waals surface area contributed by atoms with Gasteiger partial charge in [-0.3, -0.25) is 0 Å². The van der Waals surface area contributed by atoms with E-state index in [1.807, 2.05) is 0 Å². The van der Waals surface area contributed by atoms with E-state index in [2.05, 4.69) is 0 Å². The number of aliphatic hydroxyl groups is 1. The molecule has 8 heavy (non-hydrogen) atoms. The molecule has 0 rings (SSSR count). The summed E-state index contributed by atoms with van der Waals surface area (Å²) in [6, 6.07) is 0. The Balaban J connectivity index is 3.71. The summed E-state index contributed by atoms with van der Waals surface area (Å²) in [4.78, 5) is 0. The molecule has 2 nitrogen and oxygen atoms in total. The zero-order valence-corrected chi connectivity index (χ0v) is 6.08. The molecule has 1 atom stereocenters. The summed E-state index contributed by atoms with van der Waals surface area (Å²) in [6.07, 6.45) is -0.718. The molecule has 50 valence electrons. The Kier molecular flexibility index (Phi) is 3.05. The Bertz CT molecular complexity index is 74.4. The molecule has 0 aromatic heterocycles. The van der Waals surface area contributed by atoms with E-state index in [0.717, 1.165) is 0 Å². The van der Waals surface area contributed by atoms with E-state index in [-0.39, 0.29) is 0 Å². The minimum Gasteiger partial charge on any atom is -0.376 e. The number of alkyl halides is 2. The van der Waals surface area contributed by atoms with E-state index in [9.17, 15) is 0 Å². The third-order valence-electron chi connectivity index (χ3n) is 0.904. The van der Waals surface area contributed by atoms with Gasteiger partial charge in [-0.25, -0.2) is 0 Å². The molecule has 0 radical (unpaired) electrons. The number of rotatable bonds is 2. The molecule has 0 heterocycles. The second-order valence-electron chi connectivity index (χ2n) is 1.56. The lowest BCUT2D eigenvalue weighted by molar-refractivity contribution is 0.161. The lowest BCUT2D eigenvalue weighted by Gasteiger charge is -2.19. The van der Waals surface area contributed by atoms with Crippen LogP contribution in [0.4, 0.5) is 0 Å². The molecule has 0 aliphatic rings. The summed E-state index contributed by atoms with van der Waals surface area (Å²) in [7, 11) is 0. The number of hydrogen-bond acceptors (Lipinski definition) is 2. The predicted octanol–water partition coefficient (Wildman–Crippen LogP) is 0.847. The maximum absolute atomic E-state index is 8.59. The lowest BCUT2D eigenvalue weighted by atomic mass is 10.3. The SMILES string of the molecule is CCC(Cl)(Cl)C(N)O. The third-order valence-corrected chi connectivity index (χ3v) is 1.89. The van der Waals surface area contributed by atoms with Crippen LogP contribution in [0.2, 0.25) is 0 Å². The van der Waals surface area contributed by atoms with Gasteiger partial charge in [0.25, 0.3) is 0 Å². The van der Waals surface area contributed by atoms with Crippen molar-refractivity contribution in [2.45, 2.75) is 23.9 Å². The standard InChI is InChI=1S/C4H9Cl2NO/c1-2-4(5,6)3(7)8/h3,8H,2,7H2,1H3. The predicted molar refractivity (Wildman–Crippen MR) is 34.9 cm³/mol. The lowest BCUT2D eigenvalue weighted by Crippen LogP contribution is -2.37. The normalized spacial score (nSPS) is 16.1. The summed E-state index contributed by atoms with van der Waals surface area (Å²) in [6.45, 7) is 1.75. The fourth-order valence-corrected chi connectivity index (χ4v) is 0.209. The van der Waals surface area contributed by atoms with Gasteiger partial charge in [0.2, 0.25) is 0 Å². The van der Waals surface area contributed by atoms with Crippen LogP contribution in [0.15, 0.2) is 0 Å². The maximum atomic E-state index is 8.59. The Labute approximate surface area is 58.6 Å². The molecule has 0 fully saturated rings. The fraction of sp³-hybridized carbons (Fsp3) is 1.00. The summed E-state index contributed by atoms with van der Waals surface area (Å²) < 4.78 is -1.18. The molecule has 0 saturated heterocycles. The monoisotopic (exact) mass is 157 g/mol. The molecule has 1 unspecified atom stereocenters. The molecule has 0 amide bonds. The number of aliphatic hydroxyl groups excluding tert-OH is 1. The maximum Gasteiger partial charge on any atom is 0.156 e. The molecule has 0 saturated carbocycles. The van der Waals surface area contributed by atoms with Gasteiger partial charge >= 0.3 is 0 Å². The van der Waals surface area contributed by atoms with Crippen molar-refractivity contribution in [3.05, 3.63) is 0 Å². The van der Waals surface area contributed by atoms with Crippen LogP contribution in [0.1, 0.15) is 13.3 Å². The van der Waals surface area contributed by atoms with Crippen LogP contribution < -0.4 is 5.73 Å². The van der Waals surface area contributed by atoms with Crippen LogP contribution in [0.5, 0.6) is 0 Å². The molecule has 0 bridgehead atoms. The third kappa shape index (κ3) is 2.18. The van der Waals surface area contributed by atoms with Crippen LogP contribution >= 0.6 is 23.2 Å². The molecule has 0 aromatic carbocycles. The van der Waals surface area contributed by atoms with Gasteiger partial charge in [-0.2, -0.15) is 0 Å². The van der Waals surface area contributed by atoms with Gasteiger partial charge in [0, 0.05) is 0 Å². The summed E-state index contributed by atoms with van der Waals surface area (Å²) in [5.41, 5.74) is 4.97. The molecule has 3 N–H and O–H groups in total. The van der Waals surface area contributed by atoms with Gasteiger partial charge in [0.1, 0.15) is 6.23 Å². The van der Waals surface area contributed by atoms with Crippen LogP contribution in [0.25, 0.3) is 0 Å². The summed E-state index contributed by atoms with van der Waals surface area (Å²) >= 11 is 10.9. The van der Waals surface area contributed by atoms with Crippen LogP contribution in [0.3, 0.4) is 0 Å².